The molecule has 1 aliphatic carbocycles. The summed E-state index contributed by atoms with van der Waals surface area (Å²) < 4.78 is 0. The quantitative estimate of drug-likeness (QED) is 0.558. The number of carbonyl (C=O) groups is 2. The van der Waals surface area contributed by atoms with Crippen molar-refractivity contribution >= 4 is 11.9 Å². The van der Waals surface area contributed by atoms with Gasteiger partial charge < -0.3 is 10.4 Å². The molecule has 0 heterocycles. The van der Waals surface area contributed by atoms with Gasteiger partial charge in [-0.2, -0.15) is 0 Å². The smallest absolute Gasteiger partial charge is 0.306 e. The molecule has 0 unspecified atom stereocenters. The summed E-state index contributed by atoms with van der Waals surface area (Å²) in [6.45, 7) is 3.93. The summed E-state index contributed by atoms with van der Waals surface area (Å²) in [5, 5.41) is 11.6. The number of carboxylic acids is 1. The number of nitrogens with one attached hydrogen (secondary N) is 1. The molecule has 1 amide bonds. The van der Waals surface area contributed by atoms with E-state index in [2.05, 4.69) is 17.6 Å². The Hall–Kier alpha value is -1.54. The van der Waals surface area contributed by atoms with Crippen LogP contribution in [0.15, 0.2) is 18.4 Å². The van der Waals surface area contributed by atoms with E-state index in [4.69, 9.17) is 5.11 Å². The molecule has 1 fully saturated rings. The van der Waals surface area contributed by atoms with E-state index in [0.29, 0.717) is 25.3 Å². The Morgan fingerprint density at radius 3 is 2.50 bits per heavy atom. The Morgan fingerprint density at radius 1 is 1.38 bits per heavy atom. The molecule has 4 nitrogen and oxygen atoms in total. The number of amides is 1. The van der Waals surface area contributed by atoms with Crippen LogP contribution in [-0.4, -0.2) is 23.5 Å². The highest BCUT2D eigenvalue weighted by molar-refractivity contribution is 5.87. The van der Waals surface area contributed by atoms with Crippen LogP contribution in [0.1, 0.15) is 25.7 Å². The van der Waals surface area contributed by atoms with Gasteiger partial charge in [-0.1, -0.05) is 6.58 Å². The second-order valence-corrected chi connectivity index (χ2v) is 4.15. The van der Waals surface area contributed by atoms with Gasteiger partial charge in [-0.3, -0.25) is 9.59 Å². The average Bonchev–Trinajstić information content (AvgIpc) is 2.27. The second kappa shape index (κ2) is 6.13. The molecule has 4 heteroatoms. The monoisotopic (exact) mass is 223 g/mol. The van der Waals surface area contributed by atoms with Gasteiger partial charge >= 0.3 is 5.97 Å². The summed E-state index contributed by atoms with van der Waals surface area (Å²) in [7, 11) is 0. The van der Waals surface area contributed by atoms with Crippen LogP contribution in [0, 0.1) is 11.8 Å². The third kappa shape index (κ3) is 3.91. The molecule has 1 saturated carbocycles. The maximum atomic E-state index is 11.1. The van der Waals surface area contributed by atoms with Crippen molar-refractivity contribution in [1.82, 2.24) is 5.32 Å². The molecule has 0 spiro atoms. The van der Waals surface area contributed by atoms with Crippen molar-refractivity contribution < 1.29 is 14.7 Å². The van der Waals surface area contributed by atoms with Crippen molar-refractivity contribution in [3.63, 3.8) is 0 Å². The summed E-state index contributed by atoms with van der Waals surface area (Å²) in [5.41, 5.74) is 2.41. The predicted octanol–water partition coefficient (Wildman–Crippen LogP) is 1.33. The van der Waals surface area contributed by atoms with Crippen molar-refractivity contribution in [3.8, 4) is 0 Å². The van der Waals surface area contributed by atoms with Crippen LogP contribution in [0.3, 0.4) is 0 Å². The number of rotatable bonds is 4. The van der Waals surface area contributed by atoms with Gasteiger partial charge in [0.2, 0.25) is 0 Å². The van der Waals surface area contributed by atoms with Crippen LogP contribution < -0.4 is 5.32 Å². The molecule has 2 N–H and O–H groups in total. The van der Waals surface area contributed by atoms with Crippen LogP contribution in [0.5, 0.6) is 0 Å². The van der Waals surface area contributed by atoms with E-state index in [1.807, 2.05) is 0 Å². The first-order chi connectivity index (χ1) is 7.63. The van der Waals surface area contributed by atoms with E-state index in [0.717, 1.165) is 12.8 Å². The number of hydrogen-bond donors (Lipinski definition) is 2. The van der Waals surface area contributed by atoms with Gasteiger partial charge in [0.25, 0.3) is 5.91 Å². The van der Waals surface area contributed by atoms with Gasteiger partial charge in [-0.05, 0) is 31.6 Å². The van der Waals surface area contributed by atoms with E-state index < -0.39 is 5.97 Å². The molecule has 88 valence electrons. The van der Waals surface area contributed by atoms with Gasteiger partial charge in [0.05, 0.1) is 5.92 Å². The summed E-state index contributed by atoms with van der Waals surface area (Å²) in [6.07, 6.45) is 4.44. The van der Waals surface area contributed by atoms with Crippen LogP contribution in [0.4, 0.5) is 0 Å². The molecule has 16 heavy (non-hydrogen) atoms. The maximum absolute atomic E-state index is 11.1. The third-order valence-electron chi connectivity index (χ3n) is 2.99. The van der Waals surface area contributed by atoms with E-state index in [9.17, 15) is 9.59 Å². The molecule has 1 aliphatic rings. The molecule has 0 aromatic carbocycles. The fourth-order valence-corrected chi connectivity index (χ4v) is 2.00. The number of carboxylic acid groups (broad SMARTS) is 1. The first-order valence-electron chi connectivity index (χ1n) is 5.50. The maximum Gasteiger partial charge on any atom is 0.306 e. The highest BCUT2D eigenvalue weighted by Gasteiger charge is 2.25. The standard InChI is InChI=1S/C12H17NO3/c1-2-3-11(14)13-8-9-4-6-10(7-5-9)12(15)16/h3,9-10H,1,4-8H2,(H,13,14)(H,15,16). The van der Waals surface area contributed by atoms with Gasteiger partial charge in [0.15, 0.2) is 0 Å². The van der Waals surface area contributed by atoms with Crippen LogP contribution in [0.2, 0.25) is 0 Å². The third-order valence-corrected chi connectivity index (χ3v) is 2.99. The zero-order chi connectivity index (χ0) is 12.0. The first kappa shape index (κ1) is 12.5. The minimum absolute atomic E-state index is 0.185. The molecule has 0 aliphatic heterocycles. The molecule has 0 aromatic heterocycles. The highest BCUT2D eigenvalue weighted by atomic mass is 16.4. The van der Waals surface area contributed by atoms with Crippen LogP contribution in [-0.2, 0) is 9.59 Å². The zero-order valence-electron chi connectivity index (χ0n) is 9.24. The Balaban J connectivity index is 2.24. The Labute approximate surface area is 95.0 Å². The van der Waals surface area contributed by atoms with Crippen molar-refractivity contribution in [2.75, 3.05) is 6.54 Å². The fraction of sp³-hybridized carbons (Fsp3) is 0.583. The molecule has 1 rings (SSSR count). The molecule has 0 aromatic rings. The summed E-state index contributed by atoms with van der Waals surface area (Å²) >= 11 is 0. The van der Waals surface area contributed by atoms with E-state index >= 15 is 0 Å². The molecule has 0 saturated heterocycles. The molecular weight excluding hydrogens is 206 g/mol. The topological polar surface area (TPSA) is 66.4 Å². The lowest BCUT2D eigenvalue weighted by Gasteiger charge is -2.25. The lowest BCUT2D eigenvalue weighted by atomic mass is 9.82. The number of carbonyl (C=O) groups excluding carboxylic acids is 1. The minimum Gasteiger partial charge on any atom is -0.481 e. The largest absolute Gasteiger partial charge is 0.481 e. The van der Waals surface area contributed by atoms with Gasteiger partial charge in [0.1, 0.15) is 0 Å². The van der Waals surface area contributed by atoms with Crippen LogP contribution >= 0.6 is 0 Å². The van der Waals surface area contributed by atoms with Crippen molar-refractivity contribution in [1.29, 1.82) is 0 Å². The second-order valence-electron chi connectivity index (χ2n) is 4.15. The highest BCUT2D eigenvalue weighted by Crippen LogP contribution is 2.28. The normalized spacial score (nSPS) is 24.2. The van der Waals surface area contributed by atoms with E-state index in [1.165, 1.54) is 6.08 Å². The molecule has 0 bridgehead atoms. The van der Waals surface area contributed by atoms with E-state index in [1.54, 1.807) is 0 Å². The summed E-state index contributed by atoms with van der Waals surface area (Å²) in [4.78, 5) is 21.8. The Kier molecular flexibility index (Phi) is 4.80. The summed E-state index contributed by atoms with van der Waals surface area (Å²) in [6, 6.07) is 0. The van der Waals surface area contributed by atoms with Crippen molar-refractivity contribution in [2.45, 2.75) is 25.7 Å². The van der Waals surface area contributed by atoms with Gasteiger partial charge in [-0.25, -0.2) is 0 Å². The average molecular weight is 223 g/mol. The molecular formula is C12H17NO3. The van der Waals surface area contributed by atoms with Crippen molar-refractivity contribution in [2.24, 2.45) is 11.8 Å². The molecule has 0 radical (unpaired) electrons. The van der Waals surface area contributed by atoms with E-state index in [-0.39, 0.29) is 11.8 Å². The van der Waals surface area contributed by atoms with Crippen LogP contribution in [0.25, 0.3) is 0 Å². The molecule has 0 atom stereocenters. The minimum atomic E-state index is -0.697. The zero-order valence-corrected chi connectivity index (χ0v) is 9.24. The lowest BCUT2D eigenvalue weighted by Crippen LogP contribution is -2.31. The Bertz CT molecular complexity index is 310. The summed E-state index contributed by atoms with van der Waals surface area (Å²) in [5.74, 6) is -0.676. The Morgan fingerprint density at radius 2 is 2.00 bits per heavy atom. The number of hydrogen-bond acceptors (Lipinski definition) is 2. The van der Waals surface area contributed by atoms with Crippen molar-refractivity contribution in [3.05, 3.63) is 18.4 Å². The number of aliphatic carboxylic acids is 1. The predicted molar refractivity (Wildman–Crippen MR) is 59.8 cm³/mol. The fourth-order valence-electron chi connectivity index (χ4n) is 2.00. The SMILES string of the molecule is C=C=CC(=O)NCC1CCC(C(=O)O)CC1. The van der Waals surface area contributed by atoms with Gasteiger partial charge in [-0.15, -0.1) is 5.73 Å². The first-order valence-corrected chi connectivity index (χ1v) is 5.50. The van der Waals surface area contributed by atoms with Gasteiger partial charge in [0, 0.05) is 12.6 Å². The lowest BCUT2D eigenvalue weighted by molar-refractivity contribution is -0.143.